The van der Waals surface area contributed by atoms with Gasteiger partial charge in [-0.1, -0.05) is 91.8 Å². The summed E-state index contributed by atoms with van der Waals surface area (Å²) in [6.07, 6.45) is 16.9. The Hall–Kier alpha value is -7.64. The van der Waals surface area contributed by atoms with E-state index in [1.54, 1.807) is 79.5 Å². The molecule has 0 atom stereocenters. The molecule has 0 saturated carbocycles. The minimum Gasteiger partial charge on any atom is -0.477 e. The number of nitrogens with one attached hydrogen (secondary N) is 2. The molecule has 0 unspecified atom stereocenters. The Morgan fingerprint density at radius 3 is 1.79 bits per heavy atom. The fourth-order valence-corrected chi connectivity index (χ4v) is 6.39. The molecule has 1 saturated heterocycles. The van der Waals surface area contributed by atoms with E-state index in [9.17, 15) is 13.6 Å². The number of amidine groups is 1. The average Bonchev–Trinajstić information content (AvgIpc) is 4.20. The van der Waals surface area contributed by atoms with Gasteiger partial charge in [0.25, 0.3) is 0 Å². The van der Waals surface area contributed by atoms with Crippen LogP contribution in [0.15, 0.2) is 128 Å². The Kier molecular flexibility index (Phi) is 30.5. The van der Waals surface area contributed by atoms with Gasteiger partial charge in [-0.15, -0.1) is 0 Å². The molecule has 0 amide bonds. The van der Waals surface area contributed by atoms with Crippen molar-refractivity contribution >= 4 is 39.1 Å². The molecule has 0 radical (unpaired) electrons. The smallest absolute Gasteiger partial charge is 0.231 e. The molecule has 0 bridgehead atoms. The number of pyridine rings is 4. The SMILES string of the molecule is C1CCOC1.CCCCOc1ncccc1-c1ncc(-c2cccc(F)c2)[nH]1.CCCCOc1ncccc1C#N.CCCCOc1ncccc1C(=N)N.N#Cc1cccnc1Cl.O=C(CBr)c1cccc(F)c1. The van der Waals surface area contributed by atoms with Gasteiger partial charge in [-0.05, 0) is 105 Å². The molecule has 0 spiro atoms. The maximum atomic E-state index is 13.4. The number of benzene rings is 2. The Labute approximate surface area is 451 Å². The Morgan fingerprint density at radius 1 is 0.720 bits per heavy atom. The number of nitrogen functional groups attached to an aromatic ring is 1. The lowest BCUT2D eigenvalue weighted by Crippen LogP contribution is -2.14. The number of rotatable bonds is 17. The molecule has 15 nitrogen and oxygen atoms in total. The predicted octanol–water partition coefficient (Wildman–Crippen LogP) is 12.9. The van der Waals surface area contributed by atoms with Crippen molar-refractivity contribution < 1.29 is 32.5 Å². The fraction of sp³-hybridized carbons (Fsp3) is 0.304. The van der Waals surface area contributed by atoms with Crippen LogP contribution in [0, 0.1) is 39.7 Å². The number of carbonyl (C=O) groups excluding carboxylic acids is 1. The summed E-state index contributed by atoms with van der Waals surface area (Å²) in [5, 5.41) is 24.9. The molecule has 1 aliphatic rings. The Balaban J connectivity index is 0.000000250. The van der Waals surface area contributed by atoms with Crippen molar-refractivity contribution in [2.24, 2.45) is 5.73 Å². The zero-order valence-corrected chi connectivity index (χ0v) is 44.6. The highest BCUT2D eigenvalue weighted by Crippen LogP contribution is 2.28. The van der Waals surface area contributed by atoms with Crippen LogP contribution in [0.25, 0.3) is 22.6 Å². The number of hydrogen-bond acceptors (Lipinski definition) is 13. The highest BCUT2D eigenvalue weighted by Gasteiger charge is 2.13. The number of H-pyrrole nitrogens is 1. The Morgan fingerprint density at radius 2 is 1.25 bits per heavy atom. The lowest BCUT2D eigenvalue weighted by Gasteiger charge is -2.08. The van der Waals surface area contributed by atoms with E-state index in [2.05, 4.69) is 66.6 Å². The summed E-state index contributed by atoms with van der Waals surface area (Å²) in [5.41, 5.74) is 9.56. The van der Waals surface area contributed by atoms with Crippen LogP contribution >= 0.6 is 27.5 Å². The topological polar surface area (TPSA) is 232 Å². The van der Waals surface area contributed by atoms with Crippen molar-refractivity contribution in [3.05, 3.63) is 167 Å². The molecule has 6 heterocycles. The summed E-state index contributed by atoms with van der Waals surface area (Å²) in [5.74, 6) is 1.34. The summed E-state index contributed by atoms with van der Waals surface area (Å²) in [7, 11) is 0. The molecule has 2 aromatic carbocycles. The van der Waals surface area contributed by atoms with Crippen LogP contribution in [0.5, 0.6) is 17.6 Å². The highest BCUT2D eigenvalue weighted by molar-refractivity contribution is 9.09. The van der Waals surface area contributed by atoms with E-state index in [1.807, 2.05) is 30.3 Å². The molecule has 1 aliphatic heterocycles. The number of ether oxygens (including phenoxy) is 4. The lowest BCUT2D eigenvalue weighted by molar-refractivity contribution is 0.102. The van der Waals surface area contributed by atoms with E-state index in [0.29, 0.717) is 65.5 Å². The van der Waals surface area contributed by atoms with Gasteiger partial charge >= 0.3 is 0 Å². The normalized spacial score (nSPS) is 10.7. The second-order valence-corrected chi connectivity index (χ2v) is 16.6. The molecule has 5 aromatic heterocycles. The number of ketones is 1. The van der Waals surface area contributed by atoms with Gasteiger partial charge < -0.3 is 29.7 Å². The van der Waals surface area contributed by atoms with Crippen LogP contribution in [-0.2, 0) is 4.74 Å². The lowest BCUT2D eigenvalue weighted by atomic mass is 10.1. The number of nitrogens with two attached hydrogens (primary N) is 1. The van der Waals surface area contributed by atoms with E-state index in [0.717, 1.165) is 68.6 Å². The minimum atomic E-state index is -0.378. The number of aromatic nitrogens is 6. The number of aromatic amines is 1. The molecule has 8 rings (SSSR count). The number of halogens is 4. The van der Waals surface area contributed by atoms with Gasteiger partial charge in [-0.3, -0.25) is 10.2 Å². The molecular formula is C56H62BrClF2N10O5. The van der Waals surface area contributed by atoms with Crippen molar-refractivity contribution in [1.82, 2.24) is 29.9 Å². The van der Waals surface area contributed by atoms with Crippen molar-refractivity contribution in [1.29, 1.82) is 15.9 Å². The molecular weight excluding hydrogens is 1050 g/mol. The Bertz CT molecular complexity index is 2850. The van der Waals surface area contributed by atoms with E-state index in [4.69, 9.17) is 52.2 Å². The monoisotopic (exact) mass is 1110 g/mol. The van der Waals surface area contributed by atoms with Gasteiger partial charge in [0.1, 0.15) is 46.1 Å². The number of hydrogen-bond donors (Lipinski definition) is 3. The maximum absolute atomic E-state index is 13.4. The zero-order chi connectivity index (χ0) is 54.5. The molecule has 7 aromatic rings. The molecule has 4 N–H and O–H groups in total. The number of carbonyl (C=O) groups is 1. The summed E-state index contributed by atoms with van der Waals surface area (Å²) in [6, 6.07) is 29.9. The first-order valence-corrected chi connectivity index (χ1v) is 25.7. The first kappa shape index (κ1) is 61.7. The number of imidazole rings is 1. The van der Waals surface area contributed by atoms with Crippen molar-refractivity contribution in [2.45, 2.75) is 72.1 Å². The van der Waals surface area contributed by atoms with Gasteiger partial charge in [0.15, 0.2) is 5.78 Å². The first-order valence-electron chi connectivity index (χ1n) is 24.2. The number of alkyl halides is 1. The standard InChI is InChI=1S/C18H18FN3O.C10H15N3O.C10H12N2O.C8H6BrFO.C6H3ClN2.C4H8O/c1-2-3-10-23-18-15(8-5-9-20-18)17-21-12-16(22-17)13-6-4-7-14(19)11-13;1-2-3-7-14-10-8(9(11)12)5-4-6-13-10;1-2-3-7-13-10-9(8-11)5-4-6-12-10;9-5-8(11)6-2-1-3-7(10)4-6;7-6-5(4-8)2-1-3-9-6;1-2-4-5-3-1/h4-9,11-12H,2-3,10H2,1H3,(H,21,22);4-6H,2-3,7H2,1H3,(H3,11,12);4-6H,2-3,7H2,1H3;1-4H,5H2;1-3H;1-4H2. The van der Waals surface area contributed by atoms with Crippen LogP contribution < -0.4 is 19.9 Å². The third-order valence-electron chi connectivity index (χ3n) is 9.88. The van der Waals surface area contributed by atoms with Gasteiger partial charge in [-0.25, -0.2) is 33.7 Å². The van der Waals surface area contributed by atoms with E-state index in [1.165, 1.54) is 43.2 Å². The summed E-state index contributed by atoms with van der Waals surface area (Å²) in [6.45, 7) is 10.2. The van der Waals surface area contributed by atoms with E-state index < -0.39 is 0 Å². The summed E-state index contributed by atoms with van der Waals surface area (Å²) < 4.78 is 47.3. The zero-order valence-electron chi connectivity index (χ0n) is 42.3. The minimum absolute atomic E-state index is 0.00963. The van der Waals surface area contributed by atoms with Crippen LogP contribution in [-0.4, -0.2) is 79.9 Å². The second kappa shape index (κ2) is 37.1. The number of nitriles is 2. The number of Topliss-reactive ketones (excluding diaryl/α,β-unsaturated/α-hetero) is 1. The number of nitrogens with zero attached hydrogens (tertiary/aromatic N) is 7. The molecule has 19 heteroatoms. The highest BCUT2D eigenvalue weighted by atomic mass is 79.9. The first-order chi connectivity index (χ1) is 36.5. The third-order valence-corrected chi connectivity index (χ3v) is 10.7. The molecule has 1 fully saturated rings. The molecule has 0 aliphatic carbocycles. The molecule has 394 valence electrons. The third kappa shape index (κ3) is 23.8. The summed E-state index contributed by atoms with van der Waals surface area (Å²) in [4.78, 5) is 34.5. The quantitative estimate of drug-likeness (QED) is 0.0193. The van der Waals surface area contributed by atoms with Crippen LogP contribution in [0.3, 0.4) is 0 Å². The van der Waals surface area contributed by atoms with Crippen molar-refractivity contribution in [3.63, 3.8) is 0 Å². The van der Waals surface area contributed by atoms with Crippen molar-refractivity contribution in [3.8, 4) is 52.4 Å². The van der Waals surface area contributed by atoms with Gasteiger partial charge in [0, 0.05) is 49.1 Å². The van der Waals surface area contributed by atoms with Crippen molar-refractivity contribution in [2.75, 3.05) is 38.4 Å². The largest absolute Gasteiger partial charge is 0.477 e. The van der Waals surface area contributed by atoms with E-state index >= 15 is 0 Å². The van der Waals surface area contributed by atoms with Gasteiger partial charge in [0.2, 0.25) is 17.6 Å². The maximum Gasteiger partial charge on any atom is 0.231 e. The molecule has 75 heavy (non-hydrogen) atoms. The van der Waals surface area contributed by atoms with Crippen LogP contribution in [0.1, 0.15) is 99.2 Å². The average molecular weight is 1110 g/mol. The van der Waals surface area contributed by atoms with Crippen LogP contribution in [0.2, 0.25) is 5.15 Å². The fourth-order valence-electron chi connectivity index (χ4n) is 5.91. The van der Waals surface area contributed by atoms with Crippen LogP contribution in [0.4, 0.5) is 8.78 Å². The van der Waals surface area contributed by atoms with Gasteiger partial charge in [0.05, 0.1) is 53.7 Å². The second-order valence-electron chi connectivity index (χ2n) is 15.7. The predicted molar refractivity (Wildman–Crippen MR) is 291 cm³/mol. The van der Waals surface area contributed by atoms with E-state index in [-0.39, 0.29) is 33.7 Å². The van der Waals surface area contributed by atoms with Gasteiger partial charge in [-0.2, -0.15) is 10.5 Å². The summed E-state index contributed by atoms with van der Waals surface area (Å²) >= 11 is 8.49. The number of unbranched alkanes of at least 4 members (excludes halogenated alkanes) is 3.